The van der Waals surface area contributed by atoms with Gasteiger partial charge in [-0.25, -0.2) is 0 Å². The Morgan fingerprint density at radius 2 is 1.80 bits per heavy atom. The van der Waals surface area contributed by atoms with Crippen molar-refractivity contribution in [1.82, 2.24) is 19.7 Å². The molecule has 5 rings (SSSR count). The fourth-order valence-electron chi connectivity index (χ4n) is 5.89. The molecule has 0 aliphatic carbocycles. The number of halogens is 1. The first-order valence-corrected chi connectivity index (χ1v) is 14.8. The molecule has 0 unspecified atom stereocenters. The van der Waals surface area contributed by atoms with Crippen molar-refractivity contribution in [2.45, 2.75) is 37.9 Å². The summed E-state index contributed by atoms with van der Waals surface area (Å²) in [5, 5.41) is 2.39. The molecular formula is C34H34ClN5O4. The lowest BCUT2D eigenvalue weighted by molar-refractivity contribution is -0.148. The van der Waals surface area contributed by atoms with Crippen LogP contribution in [-0.4, -0.2) is 75.5 Å². The number of carbonyl (C=O) groups excluding carboxylic acids is 4. The number of likely N-dealkylation sites (N-methyl/N-ethyl adjacent to an activating group) is 1. The second-order valence-electron chi connectivity index (χ2n) is 11.1. The highest BCUT2D eigenvalue weighted by Gasteiger charge is 2.43. The first-order valence-electron chi connectivity index (χ1n) is 14.4. The summed E-state index contributed by atoms with van der Waals surface area (Å²) in [6, 6.07) is 21.3. The van der Waals surface area contributed by atoms with Crippen LogP contribution >= 0.6 is 11.6 Å². The van der Waals surface area contributed by atoms with Gasteiger partial charge in [-0.05, 0) is 59.5 Å². The zero-order chi connectivity index (χ0) is 31.4. The molecule has 3 aromatic carbocycles. The second kappa shape index (κ2) is 13.3. The number of nitrogens with zero attached hydrogens (tertiary/aromatic N) is 4. The van der Waals surface area contributed by atoms with Crippen molar-refractivity contribution < 1.29 is 19.2 Å². The number of nitrogens with two attached hydrogens (primary N) is 1. The van der Waals surface area contributed by atoms with Gasteiger partial charge in [0.2, 0.25) is 11.8 Å². The maximum absolute atomic E-state index is 14.6. The minimum atomic E-state index is -1.09. The summed E-state index contributed by atoms with van der Waals surface area (Å²) in [7, 11) is 1.53. The fraction of sp³-hybridized carbons (Fsp3) is 0.265. The predicted octanol–water partition coefficient (Wildman–Crippen LogP) is 4.25. The number of rotatable bonds is 8. The van der Waals surface area contributed by atoms with Crippen molar-refractivity contribution >= 4 is 46.0 Å². The van der Waals surface area contributed by atoms with Gasteiger partial charge in [0.15, 0.2) is 0 Å². The van der Waals surface area contributed by atoms with Gasteiger partial charge in [-0.2, -0.15) is 0 Å². The van der Waals surface area contributed by atoms with Crippen LogP contribution in [0.1, 0.15) is 40.9 Å². The molecule has 1 aliphatic heterocycles. The molecule has 0 spiro atoms. The zero-order valence-electron chi connectivity index (χ0n) is 24.6. The molecule has 2 N–H and O–H groups in total. The molecule has 0 radical (unpaired) electrons. The maximum Gasteiger partial charge on any atom is 0.255 e. The van der Waals surface area contributed by atoms with E-state index in [0.717, 1.165) is 16.3 Å². The molecule has 1 aliphatic rings. The van der Waals surface area contributed by atoms with Crippen molar-refractivity contribution in [3.63, 3.8) is 0 Å². The molecule has 0 saturated carbocycles. The van der Waals surface area contributed by atoms with Crippen LogP contribution < -0.4 is 5.73 Å². The van der Waals surface area contributed by atoms with E-state index in [1.165, 1.54) is 27.9 Å². The molecule has 4 aromatic rings. The van der Waals surface area contributed by atoms with E-state index < -0.39 is 35.8 Å². The number of fused-ring (bicyclic) bond motifs is 1. The van der Waals surface area contributed by atoms with Crippen molar-refractivity contribution in [1.29, 1.82) is 0 Å². The van der Waals surface area contributed by atoms with Crippen LogP contribution in [0.15, 0.2) is 91.3 Å². The molecule has 226 valence electrons. The monoisotopic (exact) mass is 611 g/mol. The number of hydrogen-bond donors (Lipinski definition) is 1. The Labute approximate surface area is 261 Å². The number of pyridine rings is 1. The molecule has 44 heavy (non-hydrogen) atoms. The lowest BCUT2D eigenvalue weighted by Gasteiger charge is -2.36. The summed E-state index contributed by atoms with van der Waals surface area (Å²) in [5.41, 5.74) is 7.72. The van der Waals surface area contributed by atoms with Crippen LogP contribution in [0.5, 0.6) is 0 Å². The van der Waals surface area contributed by atoms with Gasteiger partial charge in [0, 0.05) is 43.5 Å². The van der Waals surface area contributed by atoms with Crippen LogP contribution in [0.25, 0.3) is 10.8 Å². The second-order valence-corrected chi connectivity index (χ2v) is 11.5. The Bertz CT molecular complexity index is 1690. The Morgan fingerprint density at radius 1 is 1.05 bits per heavy atom. The van der Waals surface area contributed by atoms with Gasteiger partial charge in [-0.1, -0.05) is 66.2 Å². The molecule has 3 atom stereocenters. The summed E-state index contributed by atoms with van der Waals surface area (Å²) >= 11 is 6.36. The van der Waals surface area contributed by atoms with E-state index in [9.17, 15) is 19.2 Å². The first kappa shape index (κ1) is 30.7. The topological polar surface area (TPSA) is 117 Å². The third kappa shape index (κ3) is 6.43. The van der Waals surface area contributed by atoms with Crippen molar-refractivity contribution in [2.75, 3.05) is 20.1 Å². The minimum Gasteiger partial charge on any atom is -0.368 e. The normalized spacial score (nSPS) is 17.7. The zero-order valence-corrected chi connectivity index (χ0v) is 25.4. The minimum absolute atomic E-state index is 0.212. The molecule has 0 bridgehead atoms. The van der Waals surface area contributed by atoms with Gasteiger partial charge in [0.05, 0.1) is 12.1 Å². The summed E-state index contributed by atoms with van der Waals surface area (Å²) in [4.78, 5) is 62.9. The molecule has 1 aromatic heterocycles. The van der Waals surface area contributed by atoms with E-state index >= 15 is 0 Å². The third-order valence-corrected chi connectivity index (χ3v) is 8.37. The van der Waals surface area contributed by atoms with Gasteiger partial charge >= 0.3 is 0 Å². The van der Waals surface area contributed by atoms with Gasteiger partial charge < -0.3 is 20.4 Å². The number of primary amides is 1. The third-order valence-electron chi connectivity index (χ3n) is 8.14. The summed E-state index contributed by atoms with van der Waals surface area (Å²) < 4.78 is 0. The van der Waals surface area contributed by atoms with E-state index in [1.54, 1.807) is 42.6 Å². The standard InChI is InChI=1S/C34H34ClN5O4/c1-22-15-17-39(29(32(36)42)19-24-10-5-9-23-8-3-4-14-28(23)24)34(44)31(25-11-6-13-27(35)18-25)40(22)30(41)21-38(2)33(43)26-12-7-16-37-20-26/h3-14,16,18,20,22,29,31H,15,17,19,21H2,1-2H3,(H2,36,42)/t22-,29-,31+/m1/s1. The van der Waals surface area contributed by atoms with Crippen molar-refractivity contribution in [2.24, 2.45) is 5.73 Å². The van der Waals surface area contributed by atoms with Crippen LogP contribution in [0.3, 0.4) is 0 Å². The van der Waals surface area contributed by atoms with Crippen LogP contribution in [0.4, 0.5) is 0 Å². The number of hydrogen-bond acceptors (Lipinski definition) is 5. The van der Waals surface area contributed by atoms with Crippen molar-refractivity contribution in [3.8, 4) is 0 Å². The largest absolute Gasteiger partial charge is 0.368 e. The van der Waals surface area contributed by atoms with E-state index in [-0.39, 0.29) is 25.4 Å². The Morgan fingerprint density at radius 3 is 2.52 bits per heavy atom. The number of benzene rings is 3. The van der Waals surface area contributed by atoms with E-state index in [1.807, 2.05) is 49.4 Å². The Balaban J connectivity index is 1.50. The fourth-order valence-corrected chi connectivity index (χ4v) is 6.09. The van der Waals surface area contributed by atoms with Gasteiger partial charge in [0.1, 0.15) is 12.1 Å². The van der Waals surface area contributed by atoms with Gasteiger partial charge in [-0.15, -0.1) is 0 Å². The average Bonchev–Trinajstić information content (AvgIpc) is 3.15. The number of aromatic nitrogens is 1. The summed E-state index contributed by atoms with van der Waals surface area (Å²) in [6.45, 7) is 1.81. The van der Waals surface area contributed by atoms with Gasteiger partial charge in [0.25, 0.3) is 11.8 Å². The van der Waals surface area contributed by atoms with E-state index in [2.05, 4.69) is 4.98 Å². The highest BCUT2D eigenvalue weighted by Crippen LogP contribution is 2.33. The summed E-state index contributed by atoms with van der Waals surface area (Å²) in [6.07, 6.45) is 3.62. The number of amides is 4. The lowest BCUT2D eigenvalue weighted by atomic mass is 9.96. The Hall–Kier alpha value is -4.76. The van der Waals surface area contributed by atoms with E-state index in [4.69, 9.17) is 17.3 Å². The van der Waals surface area contributed by atoms with Crippen LogP contribution in [-0.2, 0) is 20.8 Å². The molecule has 4 amide bonds. The molecule has 10 heteroatoms. The first-order chi connectivity index (χ1) is 21.2. The van der Waals surface area contributed by atoms with Crippen LogP contribution in [0.2, 0.25) is 5.02 Å². The molecular weight excluding hydrogens is 578 g/mol. The smallest absolute Gasteiger partial charge is 0.255 e. The Kier molecular flexibility index (Phi) is 9.25. The lowest BCUT2D eigenvalue weighted by Crippen LogP contribution is -2.53. The molecule has 2 heterocycles. The number of carbonyl (C=O) groups is 4. The molecule has 1 fully saturated rings. The highest BCUT2D eigenvalue weighted by molar-refractivity contribution is 6.30. The molecule has 9 nitrogen and oxygen atoms in total. The molecule has 1 saturated heterocycles. The average molecular weight is 612 g/mol. The van der Waals surface area contributed by atoms with Gasteiger partial charge in [-0.3, -0.25) is 24.2 Å². The maximum atomic E-state index is 14.6. The van der Waals surface area contributed by atoms with Crippen molar-refractivity contribution in [3.05, 3.63) is 113 Å². The van der Waals surface area contributed by atoms with Crippen LogP contribution in [0, 0.1) is 0 Å². The summed E-state index contributed by atoms with van der Waals surface area (Å²) in [5.74, 6) is -1.85. The van der Waals surface area contributed by atoms with E-state index in [0.29, 0.717) is 22.6 Å². The SMILES string of the molecule is C[C@@H]1CCN([C@H](Cc2cccc3ccccc23)C(N)=O)C(=O)[C@H](c2cccc(Cl)c2)N1C(=O)CN(C)C(=O)c1cccnc1. The quantitative estimate of drug-likeness (QED) is 0.320. The predicted molar refractivity (Wildman–Crippen MR) is 169 cm³/mol. The highest BCUT2D eigenvalue weighted by atomic mass is 35.5.